The summed E-state index contributed by atoms with van der Waals surface area (Å²) in [7, 11) is 5.04. The van der Waals surface area contributed by atoms with Gasteiger partial charge in [0.2, 0.25) is 6.54 Å². The fourth-order valence-electron chi connectivity index (χ4n) is 5.62. The third-order valence-electron chi connectivity index (χ3n) is 7.31. The topological polar surface area (TPSA) is 47.3 Å². The summed E-state index contributed by atoms with van der Waals surface area (Å²) in [4.78, 5) is 3.45. The van der Waals surface area contributed by atoms with Gasteiger partial charge in [0.25, 0.3) is 8.53 Å². The molecule has 2 unspecified atom stereocenters. The average Bonchev–Trinajstić information content (AvgIpc) is 3.33. The zero-order chi connectivity index (χ0) is 29.2. The van der Waals surface area contributed by atoms with E-state index >= 15 is 0 Å². The van der Waals surface area contributed by atoms with Crippen LogP contribution < -0.4 is 5.32 Å². The molecule has 1 aliphatic rings. The molecule has 1 fully saturated rings. The second kappa shape index (κ2) is 15.1. The Morgan fingerprint density at radius 1 is 0.902 bits per heavy atom. The molecule has 8 heteroatoms. The van der Waals surface area contributed by atoms with E-state index in [9.17, 15) is 0 Å². The number of rotatable bonds is 14. The summed E-state index contributed by atoms with van der Waals surface area (Å²) in [5.41, 5.74) is 2.76. The van der Waals surface area contributed by atoms with Crippen LogP contribution in [0.25, 0.3) is 4.85 Å². The van der Waals surface area contributed by atoms with E-state index in [0.29, 0.717) is 26.2 Å². The smallest absolute Gasteiger partial charge is 0.259 e. The van der Waals surface area contributed by atoms with Gasteiger partial charge >= 0.3 is 0 Å². The molecule has 2 radical (unpaired) electrons. The van der Waals surface area contributed by atoms with Crippen LogP contribution in [0.3, 0.4) is 0 Å². The van der Waals surface area contributed by atoms with Crippen molar-refractivity contribution in [3.63, 3.8) is 0 Å². The van der Waals surface area contributed by atoms with Crippen LogP contribution in [-0.2, 0) is 19.3 Å². The van der Waals surface area contributed by atoms with Crippen LogP contribution >= 0.6 is 8.53 Å². The second-order valence-electron chi connectivity index (χ2n) is 10.9. The van der Waals surface area contributed by atoms with Gasteiger partial charge in [0, 0.05) is 24.1 Å². The van der Waals surface area contributed by atoms with Gasteiger partial charge in [0.05, 0.1) is 18.2 Å². The molecule has 1 saturated heterocycles. The Labute approximate surface area is 248 Å². The fourth-order valence-corrected chi connectivity index (χ4v) is 7.23. The van der Waals surface area contributed by atoms with Gasteiger partial charge < -0.3 is 18.6 Å². The van der Waals surface area contributed by atoms with Crippen molar-refractivity contribution in [1.82, 2.24) is 9.99 Å². The molecular weight excluding hydrogens is 528 g/mol. The Morgan fingerprint density at radius 2 is 1.39 bits per heavy atom. The van der Waals surface area contributed by atoms with Crippen LogP contribution in [0, 0.1) is 6.57 Å². The Bertz CT molecular complexity index is 1120. The van der Waals surface area contributed by atoms with Crippen LogP contribution in [-0.4, -0.2) is 62.5 Å². The maximum atomic E-state index is 7.16. The Balaban J connectivity index is 1.68. The molecule has 1 aliphatic heterocycles. The third kappa shape index (κ3) is 7.64. The van der Waals surface area contributed by atoms with E-state index in [1.165, 1.54) is 0 Å². The van der Waals surface area contributed by atoms with Crippen LogP contribution in [0.15, 0.2) is 91.0 Å². The van der Waals surface area contributed by atoms with Crippen molar-refractivity contribution in [1.29, 1.82) is 0 Å². The minimum absolute atomic E-state index is 0.0998. The molecule has 0 bridgehead atoms. The lowest BCUT2D eigenvalue weighted by molar-refractivity contribution is 0.0319. The van der Waals surface area contributed by atoms with Crippen LogP contribution in [0.4, 0.5) is 0 Å². The second-order valence-corrected chi connectivity index (χ2v) is 12.3. The molecular formula is C33H41BN3O3P. The predicted molar refractivity (Wildman–Crippen MR) is 168 cm³/mol. The lowest BCUT2D eigenvalue weighted by Gasteiger charge is -2.41. The first-order chi connectivity index (χ1) is 19.9. The number of ether oxygens (including phenoxy) is 1. The number of nitrogens with one attached hydrogen (secondary N) is 1. The van der Waals surface area contributed by atoms with E-state index in [0.717, 1.165) is 16.7 Å². The number of benzene rings is 3. The lowest BCUT2D eigenvalue weighted by Crippen LogP contribution is -2.53. The minimum Gasteiger partial charge on any atom is -0.381 e. The van der Waals surface area contributed by atoms with Gasteiger partial charge in [-0.3, -0.25) is 5.32 Å². The fraction of sp³-hybridized carbons (Fsp3) is 0.424. The highest BCUT2D eigenvalue weighted by atomic mass is 31.2. The summed E-state index contributed by atoms with van der Waals surface area (Å²) in [6.07, 6.45) is 0.341. The van der Waals surface area contributed by atoms with Crippen molar-refractivity contribution in [2.45, 2.75) is 69.9 Å². The number of hydrogen-bond donors (Lipinski definition) is 1. The summed E-state index contributed by atoms with van der Waals surface area (Å²) in [5.74, 6) is 0. The zero-order valence-corrected chi connectivity index (χ0v) is 25.4. The van der Waals surface area contributed by atoms with Crippen LogP contribution in [0.2, 0.25) is 0 Å². The van der Waals surface area contributed by atoms with Crippen molar-refractivity contribution < 1.29 is 13.8 Å². The van der Waals surface area contributed by atoms with E-state index in [2.05, 4.69) is 115 Å². The molecule has 4 atom stereocenters. The largest absolute Gasteiger partial charge is 0.381 e. The molecule has 0 aromatic heterocycles. The first-order valence-corrected chi connectivity index (χ1v) is 15.5. The van der Waals surface area contributed by atoms with E-state index in [1.807, 2.05) is 18.2 Å². The highest BCUT2D eigenvalue weighted by Gasteiger charge is 2.43. The molecule has 3 aromatic carbocycles. The molecule has 4 rings (SSSR count). The molecule has 1 heterocycles. The predicted octanol–water partition coefficient (Wildman–Crippen LogP) is 6.52. The van der Waals surface area contributed by atoms with Crippen LogP contribution in [0.5, 0.6) is 0 Å². The summed E-state index contributed by atoms with van der Waals surface area (Å²) >= 11 is 0. The van der Waals surface area contributed by atoms with Gasteiger partial charge in [-0.1, -0.05) is 91.0 Å². The number of nitrogens with zero attached hydrogens (tertiary/aromatic N) is 2. The van der Waals surface area contributed by atoms with E-state index < -0.39 is 20.1 Å². The van der Waals surface area contributed by atoms with E-state index in [4.69, 9.17) is 28.2 Å². The third-order valence-corrected chi connectivity index (χ3v) is 9.38. The quantitative estimate of drug-likeness (QED) is 0.0788. The van der Waals surface area contributed by atoms with Crippen molar-refractivity contribution in [2.75, 3.05) is 19.8 Å². The monoisotopic (exact) mass is 569 g/mol. The van der Waals surface area contributed by atoms with E-state index in [1.54, 1.807) is 0 Å². The summed E-state index contributed by atoms with van der Waals surface area (Å²) in [5, 5.41) is 4.04. The summed E-state index contributed by atoms with van der Waals surface area (Å²) in [6.45, 7) is 16.7. The van der Waals surface area contributed by atoms with Crippen molar-refractivity contribution in [3.8, 4) is 0 Å². The zero-order valence-electron chi connectivity index (χ0n) is 24.5. The standard InChI is InChI=1S/C33H41BN3O3P/c1-25(2)37(26(3)4)41(38-22-21-35-5)39-24-31-30(23-32(34)40-31)36-33(27-15-9-6-10-16-27,28-17-11-7-12-18-28)29-19-13-8-14-20-29/h6-20,25-26,30-32,36H,21-24H2,1-4H3/t30?,31-,32-,41?/m1/s1. The molecule has 3 aromatic rings. The molecule has 1 N–H and O–H groups in total. The molecule has 41 heavy (non-hydrogen) atoms. The molecule has 0 saturated carbocycles. The van der Waals surface area contributed by atoms with Gasteiger partial charge in [-0.15, -0.1) is 0 Å². The maximum absolute atomic E-state index is 7.16. The highest BCUT2D eigenvalue weighted by molar-refractivity contribution is 7.44. The van der Waals surface area contributed by atoms with Gasteiger partial charge in [-0.05, 0) is 50.8 Å². The Morgan fingerprint density at radius 3 is 1.83 bits per heavy atom. The van der Waals surface area contributed by atoms with Gasteiger partial charge in [0.15, 0.2) is 0 Å². The lowest BCUT2D eigenvalue weighted by atomic mass is 9.76. The molecule has 0 aliphatic carbocycles. The molecule has 214 valence electrons. The normalized spacial score (nSPS) is 20.0. The molecule has 6 nitrogen and oxygen atoms in total. The van der Waals surface area contributed by atoms with Gasteiger partial charge in [0.1, 0.15) is 14.5 Å². The van der Waals surface area contributed by atoms with Gasteiger partial charge in [-0.25, -0.2) is 11.2 Å². The first kappa shape index (κ1) is 31.4. The van der Waals surface area contributed by atoms with Crippen molar-refractivity contribution >= 4 is 16.4 Å². The average molecular weight is 569 g/mol. The van der Waals surface area contributed by atoms with Crippen molar-refractivity contribution in [3.05, 3.63) is 119 Å². The first-order valence-electron chi connectivity index (χ1n) is 14.4. The molecule has 0 amide bonds. The van der Waals surface area contributed by atoms with Crippen molar-refractivity contribution in [2.24, 2.45) is 0 Å². The SMILES string of the molecule is [B][C@H]1CC(NC(c2ccccc2)(c2ccccc2)c2ccccc2)[C@@H](COP(OCC[N+]#[C-])N(C(C)C)C(C)C)O1. The minimum atomic E-state index is -1.39. The van der Waals surface area contributed by atoms with Crippen LogP contribution in [0.1, 0.15) is 50.8 Å². The van der Waals surface area contributed by atoms with Gasteiger partial charge in [-0.2, -0.15) is 0 Å². The summed E-state index contributed by atoms with van der Waals surface area (Å²) in [6, 6.07) is 31.5. The Kier molecular flexibility index (Phi) is 11.5. The summed E-state index contributed by atoms with van der Waals surface area (Å²) < 4.78 is 21.2. The van der Waals surface area contributed by atoms with E-state index in [-0.39, 0.29) is 24.2 Å². The molecule has 0 spiro atoms. The Hall–Kier alpha value is -2.56. The highest BCUT2D eigenvalue weighted by Crippen LogP contribution is 2.47. The maximum Gasteiger partial charge on any atom is 0.259 e. The number of hydrogen-bond acceptors (Lipinski definition) is 5.